The first-order valence-electron chi connectivity index (χ1n) is 9.74. The number of hydrogen-bond donors (Lipinski definition) is 1. The average Bonchev–Trinajstić information content (AvgIpc) is 2.73. The molecule has 3 aromatic rings. The molecule has 4 nitrogen and oxygen atoms in total. The highest BCUT2D eigenvalue weighted by Gasteiger charge is 2.27. The van der Waals surface area contributed by atoms with Crippen molar-refractivity contribution in [3.05, 3.63) is 65.2 Å². The predicted octanol–water partition coefficient (Wildman–Crippen LogP) is 4.75. The minimum atomic E-state index is 0.0510. The van der Waals surface area contributed by atoms with Crippen LogP contribution in [0.1, 0.15) is 30.1 Å². The highest BCUT2D eigenvalue weighted by Crippen LogP contribution is 2.31. The number of pyridine rings is 1. The molecule has 1 unspecified atom stereocenters. The molecule has 1 aromatic heterocycles. The van der Waals surface area contributed by atoms with E-state index in [-0.39, 0.29) is 11.9 Å². The van der Waals surface area contributed by atoms with Crippen LogP contribution in [0.5, 0.6) is 0 Å². The Bertz CT molecular complexity index is 1010. The number of fused-ring (bicyclic) bond motifs is 1. The van der Waals surface area contributed by atoms with Crippen molar-refractivity contribution in [1.29, 1.82) is 0 Å². The van der Waals surface area contributed by atoms with E-state index in [1.54, 1.807) is 0 Å². The van der Waals surface area contributed by atoms with Gasteiger partial charge in [-0.25, -0.2) is 4.98 Å². The fourth-order valence-corrected chi connectivity index (χ4v) is 4.19. The Kier molecular flexibility index (Phi) is 5.33. The molecule has 1 aliphatic rings. The lowest BCUT2D eigenvalue weighted by Crippen LogP contribution is -2.42. The van der Waals surface area contributed by atoms with Gasteiger partial charge in [-0.1, -0.05) is 48.0 Å². The normalized spacial score (nSPS) is 16.3. The van der Waals surface area contributed by atoms with Crippen molar-refractivity contribution in [2.45, 2.75) is 25.8 Å². The molecular formula is C23H24ClN3O. The quantitative estimate of drug-likeness (QED) is 0.698. The Balaban J connectivity index is 1.74. The van der Waals surface area contributed by atoms with Gasteiger partial charge in [0, 0.05) is 35.1 Å². The van der Waals surface area contributed by atoms with E-state index in [1.807, 2.05) is 66.4 Å². The SMILES string of the molecule is CC(N)C1CCN(C(=O)c2cc(-c3ccccc3Cl)nc3ccccc23)CC1. The number of carbonyl (C=O) groups is 1. The zero-order chi connectivity index (χ0) is 19.7. The van der Waals surface area contributed by atoms with Crippen LogP contribution in [0.25, 0.3) is 22.2 Å². The molecule has 1 aliphatic heterocycles. The highest BCUT2D eigenvalue weighted by atomic mass is 35.5. The van der Waals surface area contributed by atoms with Crippen LogP contribution in [-0.4, -0.2) is 34.9 Å². The summed E-state index contributed by atoms with van der Waals surface area (Å²) in [5.74, 6) is 0.534. The van der Waals surface area contributed by atoms with E-state index in [2.05, 4.69) is 0 Å². The van der Waals surface area contributed by atoms with Crippen molar-refractivity contribution in [2.75, 3.05) is 13.1 Å². The first-order valence-corrected chi connectivity index (χ1v) is 10.1. The lowest BCUT2D eigenvalue weighted by Gasteiger charge is -2.34. The number of nitrogens with two attached hydrogens (primary N) is 1. The van der Waals surface area contributed by atoms with E-state index < -0.39 is 0 Å². The van der Waals surface area contributed by atoms with Crippen LogP contribution in [0.2, 0.25) is 5.02 Å². The number of piperidine rings is 1. The van der Waals surface area contributed by atoms with Crippen molar-refractivity contribution >= 4 is 28.4 Å². The Morgan fingerprint density at radius 1 is 1.14 bits per heavy atom. The molecular weight excluding hydrogens is 370 g/mol. The fourth-order valence-electron chi connectivity index (χ4n) is 3.96. The van der Waals surface area contributed by atoms with E-state index in [4.69, 9.17) is 22.3 Å². The molecule has 0 radical (unpaired) electrons. The maximum Gasteiger partial charge on any atom is 0.254 e. The van der Waals surface area contributed by atoms with Crippen LogP contribution >= 0.6 is 11.6 Å². The number of benzene rings is 2. The molecule has 2 aromatic carbocycles. The number of nitrogens with zero attached hydrogens (tertiary/aromatic N) is 2. The summed E-state index contributed by atoms with van der Waals surface area (Å²) in [6, 6.07) is 17.4. The number of amides is 1. The third-order valence-electron chi connectivity index (χ3n) is 5.67. The van der Waals surface area contributed by atoms with E-state index in [9.17, 15) is 4.79 Å². The minimum absolute atomic E-state index is 0.0510. The minimum Gasteiger partial charge on any atom is -0.339 e. The van der Waals surface area contributed by atoms with Crippen LogP contribution in [0, 0.1) is 5.92 Å². The molecule has 1 fully saturated rings. The number of hydrogen-bond acceptors (Lipinski definition) is 3. The van der Waals surface area contributed by atoms with Crippen LogP contribution < -0.4 is 5.73 Å². The van der Waals surface area contributed by atoms with Gasteiger partial charge in [-0.2, -0.15) is 0 Å². The van der Waals surface area contributed by atoms with E-state index >= 15 is 0 Å². The zero-order valence-corrected chi connectivity index (χ0v) is 16.7. The number of carbonyl (C=O) groups excluding carboxylic acids is 1. The molecule has 0 spiro atoms. The van der Waals surface area contributed by atoms with Gasteiger partial charge in [-0.05, 0) is 43.9 Å². The van der Waals surface area contributed by atoms with Gasteiger partial charge in [0.05, 0.1) is 16.8 Å². The highest BCUT2D eigenvalue weighted by molar-refractivity contribution is 6.33. The van der Waals surface area contributed by atoms with Crippen molar-refractivity contribution in [2.24, 2.45) is 11.7 Å². The Hall–Kier alpha value is -2.43. The summed E-state index contributed by atoms with van der Waals surface area (Å²) in [6.45, 7) is 3.53. The van der Waals surface area contributed by atoms with Crippen molar-refractivity contribution in [3.63, 3.8) is 0 Å². The zero-order valence-electron chi connectivity index (χ0n) is 15.9. The maximum atomic E-state index is 13.4. The summed E-state index contributed by atoms with van der Waals surface area (Å²) < 4.78 is 0. The number of rotatable bonds is 3. The second kappa shape index (κ2) is 7.90. The number of para-hydroxylation sites is 1. The topological polar surface area (TPSA) is 59.2 Å². The molecule has 2 heterocycles. The molecule has 144 valence electrons. The first kappa shape index (κ1) is 18.9. The lowest BCUT2D eigenvalue weighted by atomic mass is 9.90. The average molecular weight is 394 g/mol. The third kappa shape index (κ3) is 3.62. The van der Waals surface area contributed by atoms with Gasteiger partial charge >= 0.3 is 0 Å². The molecule has 1 amide bonds. The van der Waals surface area contributed by atoms with Crippen LogP contribution in [0.15, 0.2) is 54.6 Å². The van der Waals surface area contributed by atoms with Crippen molar-refractivity contribution < 1.29 is 4.79 Å². The molecule has 5 heteroatoms. The lowest BCUT2D eigenvalue weighted by molar-refractivity contribution is 0.0683. The summed E-state index contributed by atoms with van der Waals surface area (Å²) in [5, 5.41) is 1.50. The Labute approximate surface area is 170 Å². The number of halogens is 1. The fraction of sp³-hybridized carbons (Fsp3) is 0.304. The predicted molar refractivity (Wildman–Crippen MR) is 114 cm³/mol. The Morgan fingerprint density at radius 2 is 1.82 bits per heavy atom. The van der Waals surface area contributed by atoms with Gasteiger partial charge in [-0.3, -0.25) is 4.79 Å². The molecule has 28 heavy (non-hydrogen) atoms. The molecule has 1 atom stereocenters. The van der Waals surface area contributed by atoms with Crippen LogP contribution in [-0.2, 0) is 0 Å². The Morgan fingerprint density at radius 3 is 2.54 bits per heavy atom. The summed E-state index contributed by atoms with van der Waals surface area (Å²) in [4.78, 5) is 20.1. The van der Waals surface area contributed by atoms with Gasteiger partial charge < -0.3 is 10.6 Å². The molecule has 0 saturated carbocycles. The van der Waals surface area contributed by atoms with Crippen LogP contribution in [0.3, 0.4) is 0 Å². The van der Waals surface area contributed by atoms with Gasteiger partial charge in [0.15, 0.2) is 0 Å². The molecule has 1 saturated heterocycles. The second-order valence-electron chi connectivity index (χ2n) is 7.54. The van der Waals surface area contributed by atoms with Crippen molar-refractivity contribution in [3.8, 4) is 11.3 Å². The third-order valence-corrected chi connectivity index (χ3v) is 6.00. The standard InChI is InChI=1S/C23H24ClN3O/c1-15(25)16-10-12-27(13-11-16)23(28)19-14-22(18-7-2-4-8-20(18)24)26-21-9-5-3-6-17(19)21/h2-9,14-16H,10-13,25H2,1H3. The maximum absolute atomic E-state index is 13.4. The molecule has 0 aliphatic carbocycles. The molecule has 2 N–H and O–H groups in total. The largest absolute Gasteiger partial charge is 0.339 e. The summed E-state index contributed by atoms with van der Waals surface area (Å²) >= 11 is 6.39. The first-order chi connectivity index (χ1) is 13.5. The van der Waals surface area contributed by atoms with Gasteiger partial charge in [0.25, 0.3) is 5.91 Å². The number of aromatic nitrogens is 1. The smallest absolute Gasteiger partial charge is 0.254 e. The second-order valence-corrected chi connectivity index (χ2v) is 7.95. The monoisotopic (exact) mass is 393 g/mol. The molecule has 0 bridgehead atoms. The summed E-state index contributed by atoms with van der Waals surface area (Å²) in [5.41, 5.74) is 9.08. The van der Waals surface area contributed by atoms with Gasteiger partial charge in [0.1, 0.15) is 0 Å². The van der Waals surface area contributed by atoms with E-state index in [0.717, 1.165) is 48.1 Å². The van der Waals surface area contributed by atoms with Gasteiger partial charge in [0.2, 0.25) is 0 Å². The summed E-state index contributed by atoms with van der Waals surface area (Å²) in [7, 11) is 0. The number of likely N-dealkylation sites (tertiary alicyclic amines) is 1. The van der Waals surface area contributed by atoms with Crippen LogP contribution in [0.4, 0.5) is 0 Å². The van der Waals surface area contributed by atoms with Crippen molar-refractivity contribution in [1.82, 2.24) is 9.88 Å². The van der Waals surface area contributed by atoms with E-state index in [0.29, 0.717) is 16.5 Å². The van der Waals surface area contributed by atoms with E-state index in [1.165, 1.54) is 0 Å². The van der Waals surface area contributed by atoms with Gasteiger partial charge in [-0.15, -0.1) is 0 Å². The summed E-state index contributed by atoms with van der Waals surface area (Å²) in [6.07, 6.45) is 1.90. The molecule has 4 rings (SSSR count).